The van der Waals surface area contributed by atoms with Crippen molar-refractivity contribution in [1.82, 2.24) is 28.2 Å². The summed E-state index contributed by atoms with van der Waals surface area (Å²) < 4.78 is 11.9. The number of hydrogen-bond acceptors (Lipinski definition) is 4. The van der Waals surface area contributed by atoms with E-state index in [1.165, 1.54) is 75.4 Å². The van der Waals surface area contributed by atoms with Crippen LogP contribution < -0.4 is 0 Å². The van der Waals surface area contributed by atoms with Crippen molar-refractivity contribution < 1.29 is 0 Å². The molecule has 0 radical (unpaired) electrons. The molecule has 0 bridgehead atoms. The quantitative estimate of drug-likeness (QED) is 0.173. The summed E-state index contributed by atoms with van der Waals surface area (Å²) in [7, 11) is 0. The molecule has 0 unspecified atom stereocenters. The Balaban J connectivity index is 0.898. The van der Waals surface area contributed by atoms with Crippen molar-refractivity contribution in [2.24, 2.45) is 0 Å². The normalized spacial score (nSPS) is 12.3. The van der Waals surface area contributed by atoms with E-state index in [9.17, 15) is 0 Å². The number of benzene rings is 10. The Morgan fingerprint density at radius 2 is 0.757 bits per heavy atom. The minimum Gasteiger partial charge on any atom is -0.309 e. The van der Waals surface area contributed by atoms with Gasteiger partial charge in [0.1, 0.15) is 0 Å². The van der Waals surface area contributed by atoms with Crippen molar-refractivity contribution in [2.75, 3.05) is 0 Å². The molecular weight excluding hydrogens is 893 g/mol. The van der Waals surface area contributed by atoms with Crippen LogP contribution in [-0.4, -0.2) is 28.2 Å². The molecule has 70 heavy (non-hydrogen) atoms. The monoisotopic (exact) mass is 928 g/mol. The van der Waals surface area contributed by atoms with Gasteiger partial charge in [-0.05, 0) is 102 Å². The second kappa shape index (κ2) is 14.4. The first kappa shape index (κ1) is 38.2. The number of para-hydroxylation sites is 6. The van der Waals surface area contributed by atoms with Crippen LogP contribution in [0, 0.1) is 0 Å². The highest BCUT2D eigenvalue weighted by Crippen LogP contribution is 2.46. The van der Waals surface area contributed by atoms with Gasteiger partial charge in [0.25, 0.3) is 0 Å². The molecule has 0 atom stereocenters. The number of thiazole rings is 2. The second-order valence-corrected chi connectivity index (χ2v) is 20.2. The molecule has 6 aromatic heterocycles. The highest BCUT2D eigenvalue weighted by Gasteiger charge is 2.25. The zero-order valence-corrected chi connectivity index (χ0v) is 38.9. The van der Waals surface area contributed by atoms with Crippen LogP contribution in [0.3, 0.4) is 0 Å². The standard InChI is InChI=1S/C62H36N6S2/c1-3-15-39(16-4-1)65-50-24-12-8-20-44(50)57-53(65)32-30-43-46-35-37(27-31-52(46)68(60(43)57)62-63-47-22-10-14-26-55(47)69-62)38-28-34-56-48(36-38)64-61(70-56)67-51-25-13-9-21-45(51)58-54(67)33-29-42-41-19-7-11-23-49(41)66(59(42)58)40-17-5-2-6-18-40/h1-36H. The molecule has 16 rings (SSSR count). The predicted molar refractivity (Wildman–Crippen MR) is 296 cm³/mol. The van der Waals surface area contributed by atoms with E-state index >= 15 is 0 Å². The molecule has 0 aliphatic rings. The maximum atomic E-state index is 5.47. The lowest BCUT2D eigenvalue weighted by molar-refractivity contribution is 1.15. The van der Waals surface area contributed by atoms with Gasteiger partial charge < -0.3 is 9.13 Å². The first-order valence-electron chi connectivity index (χ1n) is 23.6. The Bertz CT molecular complexity index is 4800. The van der Waals surface area contributed by atoms with Gasteiger partial charge >= 0.3 is 0 Å². The fraction of sp³-hybridized carbons (Fsp3) is 0. The van der Waals surface area contributed by atoms with Crippen molar-refractivity contribution >= 4 is 130 Å². The fourth-order valence-corrected chi connectivity index (χ4v) is 13.5. The van der Waals surface area contributed by atoms with E-state index in [2.05, 4.69) is 237 Å². The van der Waals surface area contributed by atoms with Gasteiger partial charge in [-0.1, -0.05) is 150 Å². The van der Waals surface area contributed by atoms with Crippen molar-refractivity contribution in [2.45, 2.75) is 0 Å². The third kappa shape index (κ3) is 5.26. The van der Waals surface area contributed by atoms with Crippen LogP contribution in [0.2, 0.25) is 0 Å². The topological polar surface area (TPSA) is 45.5 Å². The lowest BCUT2D eigenvalue weighted by Gasteiger charge is -2.09. The van der Waals surface area contributed by atoms with Crippen molar-refractivity contribution in [3.63, 3.8) is 0 Å². The molecule has 8 heteroatoms. The molecule has 6 heterocycles. The zero-order chi connectivity index (χ0) is 45.6. The van der Waals surface area contributed by atoms with Gasteiger partial charge in [-0.25, -0.2) is 9.97 Å². The molecule has 0 amide bonds. The van der Waals surface area contributed by atoms with Gasteiger partial charge in [0.2, 0.25) is 0 Å². The van der Waals surface area contributed by atoms with E-state index in [0.717, 1.165) is 65.0 Å². The molecule has 6 nitrogen and oxygen atoms in total. The van der Waals surface area contributed by atoms with E-state index in [-0.39, 0.29) is 0 Å². The van der Waals surface area contributed by atoms with Gasteiger partial charge in [-0.15, -0.1) is 0 Å². The molecule has 16 aromatic rings. The number of hydrogen-bond donors (Lipinski definition) is 0. The van der Waals surface area contributed by atoms with E-state index in [1.54, 1.807) is 22.7 Å². The maximum absolute atomic E-state index is 5.47. The molecule has 326 valence electrons. The van der Waals surface area contributed by atoms with Crippen LogP contribution in [0.25, 0.3) is 140 Å². The Hall–Kier alpha value is -8.82. The molecule has 0 saturated heterocycles. The van der Waals surface area contributed by atoms with Crippen LogP contribution in [0.15, 0.2) is 218 Å². The fourth-order valence-electron chi connectivity index (χ4n) is 11.5. The van der Waals surface area contributed by atoms with Gasteiger partial charge in [-0.3, -0.25) is 9.13 Å². The Morgan fingerprint density at radius 1 is 0.286 bits per heavy atom. The number of nitrogens with zero attached hydrogens (tertiary/aromatic N) is 6. The molecule has 0 aliphatic carbocycles. The summed E-state index contributed by atoms with van der Waals surface area (Å²) in [5, 5.41) is 11.7. The largest absolute Gasteiger partial charge is 0.309 e. The molecular formula is C62H36N6S2. The third-order valence-corrected chi connectivity index (χ3v) is 16.5. The minimum atomic E-state index is 0.952. The van der Waals surface area contributed by atoms with Crippen LogP contribution in [0.4, 0.5) is 0 Å². The summed E-state index contributed by atoms with van der Waals surface area (Å²) in [5.74, 6) is 0. The number of aromatic nitrogens is 6. The van der Waals surface area contributed by atoms with E-state index in [0.29, 0.717) is 0 Å². The lowest BCUT2D eigenvalue weighted by Crippen LogP contribution is -1.95. The van der Waals surface area contributed by atoms with Crippen molar-refractivity contribution in [3.8, 4) is 32.8 Å². The molecule has 0 N–H and O–H groups in total. The highest BCUT2D eigenvalue weighted by atomic mass is 32.1. The summed E-state index contributed by atoms with van der Waals surface area (Å²) in [6.45, 7) is 0. The number of rotatable bonds is 5. The van der Waals surface area contributed by atoms with Gasteiger partial charge in [0.15, 0.2) is 10.3 Å². The summed E-state index contributed by atoms with van der Waals surface area (Å²) in [5.41, 5.74) is 15.9. The van der Waals surface area contributed by atoms with Crippen molar-refractivity contribution in [3.05, 3.63) is 218 Å². The molecule has 0 fully saturated rings. The average molecular weight is 929 g/mol. The molecule has 0 spiro atoms. The first-order valence-corrected chi connectivity index (χ1v) is 25.2. The smallest absolute Gasteiger partial charge is 0.195 e. The first-order chi connectivity index (χ1) is 34.7. The summed E-state index contributed by atoms with van der Waals surface area (Å²) in [4.78, 5) is 10.8. The van der Waals surface area contributed by atoms with E-state index < -0.39 is 0 Å². The summed E-state index contributed by atoms with van der Waals surface area (Å²) in [6, 6.07) is 79.2. The average Bonchev–Trinajstić information content (AvgIpc) is 4.27. The molecule has 0 aliphatic heterocycles. The van der Waals surface area contributed by atoms with Gasteiger partial charge in [0, 0.05) is 54.5 Å². The lowest BCUT2D eigenvalue weighted by atomic mass is 10.0. The van der Waals surface area contributed by atoms with E-state index in [1.807, 2.05) is 0 Å². The van der Waals surface area contributed by atoms with E-state index in [4.69, 9.17) is 9.97 Å². The summed E-state index contributed by atoms with van der Waals surface area (Å²) in [6.07, 6.45) is 0. The Kier molecular flexibility index (Phi) is 7.83. The highest BCUT2D eigenvalue weighted by molar-refractivity contribution is 7.21. The van der Waals surface area contributed by atoms with Crippen LogP contribution in [0.1, 0.15) is 0 Å². The van der Waals surface area contributed by atoms with Gasteiger partial charge in [-0.2, -0.15) is 0 Å². The van der Waals surface area contributed by atoms with Gasteiger partial charge in [0.05, 0.1) is 64.6 Å². The van der Waals surface area contributed by atoms with Crippen LogP contribution >= 0.6 is 22.7 Å². The predicted octanol–water partition coefficient (Wildman–Crippen LogP) is 17.0. The zero-order valence-electron chi connectivity index (χ0n) is 37.3. The second-order valence-electron chi connectivity index (χ2n) is 18.2. The van der Waals surface area contributed by atoms with Crippen LogP contribution in [0.5, 0.6) is 0 Å². The Morgan fingerprint density at radius 3 is 1.47 bits per heavy atom. The third-order valence-electron chi connectivity index (χ3n) is 14.4. The number of fused-ring (bicyclic) bond motifs is 16. The minimum absolute atomic E-state index is 0.952. The molecule has 0 saturated carbocycles. The summed E-state index contributed by atoms with van der Waals surface area (Å²) >= 11 is 3.48. The Labute approximate surface area is 407 Å². The molecule has 10 aromatic carbocycles. The maximum Gasteiger partial charge on any atom is 0.195 e. The SMILES string of the molecule is c1ccc(-n2c3ccccc3c3c2ccc2c4cc(-c5ccc6sc(-n7c8ccccc8c8c7ccc7c9ccccc9n(-c9ccccc9)c78)nc6c5)ccc4n(-c4nc5ccccc5s4)c23)cc1. The van der Waals surface area contributed by atoms with Crippen molar-refractivity contribution in [1.29, 1.82) is 0 Å². The van der Waals surface area contributed by atoms with Crippen LogP contribution in [-0.2, 0) is 0 Å².